The monoisotopic (exact) mass is 753 g/mol. The molecular formula is C37H44IN3O6. The normalized spacial score (nSPS) is 12.2. The molecule has 0 bridgehead atoms. The van der Waals surface area contributed by atoms with E-state index in [1.165, 1.54) is 22.3 Å². The average molecular weight is 754 g/mol. The van der Waals surface area contributed by atoms with Crippen LogP contribution >= 0.6 is 0 Å². The van der Waals surface area contributed by atoms with Crippen molar-refractivity contribution in [2.45, 2.75) is 79.0 Å². The Hall–Kier alpha value is -3.93. The molecule has 0 aliphatic heterocycles. The molecule has 1 aliphatic rings. The van der Waals surface area contributed by atoms with Crippen molar-refractivity contribution in [1.29, 1.82) is 0 Å². The second-order valence-electron chi connectivity index (χ2n) is 12.4. The molecule has 1 aliphatic carbocycles. The van der Waals surface area contributed by atoms with Gasteiger partial charge in [0.25, 0.3) is 11.7 Å². The van der Waals surface area contributed by atoms with Crippen LogP contribution in [0.15, 0.2) is 60.7 Å². The minimum atomic E-state index is -0.654. The summed E-state index contributed by atoms with van der Waals surface area (Å²) in [7, 11) is 0. The number of fused-ring (bicyclic) bond motifs is 4. The quantitative estimate of drug-likeness (QED) is 0.136. The van der Waals surface area contributed by atoms with Crippen molar-refractivity contribution in [2.24, 2.45) is 0 Å². The van der Waals surface area contributed by atoms with Gasteiger partial charge in [0.1, 0.15) is 18.0 Å². The number of hydrogen-bond acceptors (Lipinski definition) is 6. The summed E-state index contributed by atoms with van der Waals surface area (Å²) in [6.45, 7) is 13.0. The predicted octanol–water partition coefficient (Wildman–Crippen LogP) is 2.73. The van der Waals surface area contributed by atoms with E-state index in [9.17, 15) is 14.4 Å². The number of rotatable bonds is 12. The largest absolute Gasteiger partial charge is 1.00 e. The third kappa shape index (κ3) is 7.80. The number of amides is 1. The number of aromatic nitrogens is 2. The van der Waals surface area contributed by atoms with Gasteiger partial charge >= 0.3 is 11.9 Å². The molecular weight excluding hydrogens is 709 g/mol. The molecule has 47 heavy (non-hydrogen) atoms. The Morgan fingerprint density at radius 1 is 0.915 bits per heavy atom. The van der Waals surface area contributed by atoms with Gasteiger partial charge in [-0.3, -0.25) is 9.59 Å². The van der Waals surface area contributed by atoms with Crippen LogP contribution in [0.25, 0.3) is 22.2 Å². The molecule has 1 amide bonds. The van der Waals surface area contributed by atoms with Gasteiger partial charge in [0.05, 0.1) is 31.5 Å². The number of hydrogen-bond donors (Lipinski definition) is 1. The molecule has 3 aromatic carbocycles. The fourth-order valence-electron chi connectivity index (χ4n) is 6.35. The molecule has 4 aromatic rings. The number of halogens is 1. The Morgan fingerprint density at radius 3 is 2.13 bits per heavy atom. The van der Waals surface area contributed by atoms with E-state index < -0.39 is 11.6 Å². The highest BCUT2D eigenvalue weighted by Crippen LogP contribution is 2.44. The molecule has 0 radical (unpaired) electrons. The minimum Gasteiger partial charge on any atom is -1.00 e. The van der Waals surface area contributed by atoms with Crippen LogP contribution in [0.4, 0.5) is 0 Å². The van der Waals surface area contributed by atoms with Crippen LogP contribution in [0.3, 0.4) is 0 Å². The first-order valence-corrected chi connectivity index (χ1v) is 16.1. The highest BCUT2D eigenvalue weighted by atomic mass is 127. The Morgan fingerprint density at radius 2 is 1.55 bits per heavy atom. The average Bonchev–Trinajstić information content (AvgIpc) is 3.51. The first kappa shape index (κ1) is 35.9. The van der Waals surface area contributed by atoms with E-state index in [2.05, 4.69) is 38.7 Å². The molecule has 1 heterocycles. The maximum Gasteiger partial charge on any atom is 0.344 e. The van der Waals surface area contributed by atoms with E-state index in [4.69, 9.17) is 14.2 Å². The lowest BCUT2D eigenvalue weighted by Crippen LogP contribution is -3.00. The van der Waals surface area contributed by atoms with Gasteiger partial charge in [0.15, 0.2) is 17.6 Å². The molecule has 0 fully saturated rings. The lowest BCUT2D eigenvalue weighted by molar-refractivity contribution is -0.676. The Labute approximate surface area is 293 Å². The summed E-state index contributed by atoms with van der Waals surface area (Å²) in [5, 5.41) is 2.84. The molecule has 0 unspecified atom stereocenters. The van der Waals surface area contributed by atoms with E-state index in [1.54, 1.807) is 32.9 Å². The summed E-state index contributed by atoms with van der Waals surface area (Å²) in [4.78, 5) is 38.7. The van der Waals surface area contributed by atoms with Gasteiger partial charge in [-0.1, -0.05) is 48.5 Å². The van der Waals surface area contributed by atoms with Crippen LogP contribution in [0.1, 0.15) is 81.2 Å². The molecule has 0 saturated heterocycles. The number of esters is 2. The van der Waals surface area contributed by atoms with E-state index in [-0.39, 0.29) is 61.4 Å². The number of aryl methyl sites for hydroxylation is 2. The maximum absolute atomic E-state index is 13.2. The predicted molar refractivity (Wildman–Crippen MR) is 176 cm³/mol. The van der Waals surface area contributed by atoms with E-state index >= 15 is 0 Å². The number of benzene rings is 3. The smallest absolute Gasteiger partial charge is 0.344 e. The second kappa shape index (κ2) is 15.3. The molecule has 1 N–H and O–H groups in total. The van der Waals surface area contributed by atoms with Crippen molar-refractivity contribution in [3.8, 4) is 16.9 Å². The molecule has 5 rings (SSSR count). The maximum atomic E-state index is 13.2. The van der Waals surface area contributed by atoms with Crippen LogP contribution < -0.4 is 38.6 Å². The summed E-state index contributed by atoms with van der Waals surface area (Å²) >= 11 is 0. The zero-order chi connectivity index (χ0) is 33.0. The lowest BCUT2D eigenvalue weighted by Gasteiger charge is -2.19. The molecule has 9 nitrogen and oxygen atoms in total. The molecule has 1 aromatic heterocycles. The third-order valence-corrected chi connectivity index (χ3v) is 8.19. The zero-order valence-corrected chi connectivity index (χ0v) is 30.2. The summed E-state index contributed by atoms with van der Waals surface area (Å²) in [6, 6.07) is 20.2. The molecule has 250 valence electrons. The highest BCUT2D eigenvalue weighted by Gasteiger charge is 2.31. The van der Waals surface area contributed by atoms with Crippen LogP contribution in [-0.2, 0) is 38.6 Å². The first-order valence-electron chi connectivity index (χ1n) is 16.1. The van der Waals surface area contributed by atoms with Gasteiger partial charge in [0.2, 0.25) is 0 Å². The summed E-state index contributed by atoms with van der Waals surface area (Å²) in [6.07, 6.45) is 0.662. The van der Waals surface area contributed by atoms with Crippen molar-refractivity contribution >= 4 is 28.9 Å². The zero-order valence-electron chi connectivity index (χ0n) is 28.0. The van der Waals surface area contributed by atoms with Gasteiger partial charge in [-0.05, 0) is 63.8 Å². The van der Waals surface area contributed by atoms with Crippen LogP contribution in [0, 0.1) is 0 Å². The van der Waals surface area contributed by atoms with Crippen molar-refractivity contribution in [3.05, 3.63) is 83.2 Å². The number of imidazole rings is 1. The van der Waals surface area contributed by atoms with E-state index in [0.717, 1.165) is 16.9 Å². The van der Waals surface area contributed by atoms with Gasteiger partial charge in [-0.15, -0.1) is 0 Å². The molecule has 10 heteroatoms. The molecule has 0 saturated carbocycles. The van der Waals surface area contributed by atoms with Crippen molar-refractivity contribution in [3.63, 3.8) is 0 Å². The van der Waals surface area contributed by atoms with Crippen LogP contribution in [0.2, 0.25) is 0 Å². The Kier molecular flexibility index (Phi) is 11.7. The topological polar surface area (TPSA) is 99.7 Å². The van der Waals surface area contributed by atoms with Crippen molar-refractivity contribution in [2.75, 3.05) is 19.8 Å². The lowest BCUT2D eigenvalue weighted by atomic mass is 9.98. The van der Waals surface area contributed by atoms with E-state index in [0.29, 0.717) is 37.4 Å². The number of carbonyl (C=O) groups is 3. The number of nitrogens with one attached hydrogen (secondary N) is 1. The van der Waals surface area contributed by atoms with Gasteiger partial charge in [0, 0.05) is 24.6 Å². The SMILES string of the molecule is CCNC(=O)c1cc2c(cc1OCC(=O)OC(C)(C)C)[n+](CC)c(CCC(=O)OCC1c3ccccc3-c3ccccc31)n2CC.[I-]. The summed E-state index contributed by atoms with van der Waals surface area (Å²) in [5.74, 6) is 0.165. The van der Waals surface area contributed by atoms with Gasteiger partial charge < -0.3 is 43.5 Å². The highest BCUT2D eigenvalue weighted by molar-refractivity contribution is 6.00. The van der Waals surface area contributed by atoms with Crippen LogP contribution in [-0.4, -0.2) is 47.8 Å². The first-order chi connectivity index (χ1) is 22.1. The van der Waals surface area contributed by atoms with E-state index in [1.807, 2.05) is 45.0 Å². The summed E-state index contributed by atoms with van der Waals surface area (Å²) in [5.41, 5.74) is 6.11. The Bertz CT molecular complexity index is 1730. The number of nitrogens with zero attached hydrogens (tertiary/aromatic N) is 2. The third-order valence-electron chi connectivity index (χ3n) is 8.19. The number of ether oxygens (including phenoxy) is 3. The fourth-order valence-corrected chi connectivity index (χ4v) is 6.35. The molecule has 0 spiro atoms. The molecule has 0 atom stereocenters. The second-order valence-corrected chi connectivity index (χ2v) is 12.4. The standard InChI is InChI=1S/C37H43N3O6.HI/c1-7-38-36(43)28-20-30-31(21-32(28)44-23-35(42)46-37(4,5)6)40(9-3)33(39(30)8-2)18-19-34(41)45-22-29-26-16-12-10-14-24(26)25-15-11-13-17-27(25)29;/h10-17,20-21,29H,7-9,18-19,22-23H2,1-6H3;1H. The Balaban J connectivity index is 0.00000500. The van der Waals surface area contributed by atoms with Gasteiger partial charge in [-0.25, -0.2) is 13.9 Å². The summed E-state index contributed by atoms with van der Waals surface area (Å²) < 4.78 is 21.4. The fraction of sp³-hybridized carbons (Fsp3) is 0.405. The number of carbonyl (C=O) groups excluding carboxylic acids is 3. The minimum absolute atomic E-state index is 0. The van der Waals surface area contributed by atoms with Crippen molar-refractivity contribution in [1.82, 2.24) is 9.88 Å². The van der Waals surface area contributed by atoms with Gasteiger partial charge in [-0.2, -0.15) is 0 Å². The van der Waals surface area contributed by atoms with Crippen LogP contribution in [0.5, 0.6) is 5.75 Å². The van der Waals surface area contributed by atoms with Crippen molar-refractivity contribution < 1.29 is 57.1 Å².